The summed E-state index contributed by atoms with van der Waals surface area (Å²) in [4.78, 5) is 16.6. The minimum atomic E-state index is -3.30. The van der Waals surface area contributed by atoms with E-state index in [0.717, 1.165) is 33.6 Å². The van der Waals surface area contributed by atoms with E-state index in [1.54, 1.807) is 30.3 Å². The summed E-state index contributed by atoms with van der Waals surface area (Å²) in [6, 6.07) is 27.6. The van der Waals surface area contributed by atoms with Crippen molar-refractivity contribution in [2.75, 3.05) is 25.2 Å². The quantitative estimate of drug-likeness (QED) is 0.168. The zero-order chi connectivity index (χ0) is 30.6. The number of imidazole rings is 1. The third-order valence-corrected chi connectivity index (χ3v) is 8.34. The molecule has 5 aromatic rings. The molecule has 0 unspecified atom stereocenters. The number of rotatable bonds is 9. The summed E-state index contributed by atoms with van der Waals surface area (Å²) in [5, 5.41) is 4.06. The van der Waals surface area contributed by atoms with Crippen LogP contribution in [0.2, 0.25) is 10.0 Å². The molecule has 10 heteroatoms. The van der Waals surface area contributed by atoms with E-state index in [-0.39, 0.29) is 17.4 Å². The lowest BCUT2D eigenvalue weighted by molar-refractivity contribution is -0.138. The predicted molar refractivity (Wildman–Crippen MR) is 173 cm³/mol. The second-order valence-corrected chi connectivity index (χ2v) is 12.6. The van der Waals surface area contributed by atoms with Gasteiger partial charge in [-0.25, -0.2) is 13.4 Å². The molecule has 0 aliphatic heterocycles. The number of nitrogens with one attached hydrogen (secondary N) is 1. The van der Waals surface area contributed by atoms with Crippen molar-refractivity contribution in [3.63, 3.8) is 0 Å². The molecule has 0 radical (unpaired) electrons. The second-order valence-electron chi connectivity index (χ2n) is 9.71. The minimum Gasteiger partial charge on any atom is -0.468 e. The third-order valence-electron chi connectivity index (χ3n) is 6.68. The third kappa shape index (κ3) is 7.35. The summed E-state index contributed by atoms with van der Waals surface area (Å²) < 4.78 is 30.6. The molecule has 0 amide bonds. The molecule has 1 N–H and O–H groups in total. The van der Waals surface area contributed by atoms with E-state index in [2.05, 4.69) is 10.1 Å². The number of aromatic nitrogens is 2. The van der Waals surface area contributed by atoms with Gasteiger partial charge in [-0.2, -0.15) is 0 Å². The van der Waals surface area contributed by atoms with Crippen LogP contribution in [0.1, 0.15) is 11.4 Å². The minimum absolute atomic E-state index is 0.0655. The number of sulfone groups is 1. The Labute approximate surface area is 260 Å². The molecule has 7 nitrogen and oxygen atoms in total. The lowest BCUT2D eigenvalue weighted by Gasteiger charge is -2.08. The molecule has 4 aromatic carbocycles. The fourth-order valence-electron chi connectivity index (χ4n) is 4.40. The number of carbonyl (C=O) groups is 1. The normalized spacial score (nSPS) is 11.5. The molecule has 0 fully saturated rings. The Bertz CT molecular complexity index is 1920. The van der Waals surface area contributed by atoms with Crippen LogP contribution in [0.5, 0.6) is 0 Å². The number of methoxy groups -OCH3 is 1. The molecule has 0 saturated carbocycles. The number of carbonyl (C=O) groups excluding carboxylic acids is 1. The Morgan fingerprint density at radius 2 is 1.67 bits per heavy atom. The van der Waals surface area contributed by atoms with Gasteiger partial charge in [0.1, 0.15) is 12.4 Å². The number of hydrogen-bond donors (Lipinski definition) is 1. The Hall–Kier alpha value is -4.37. The van der Waals surface area contributed by atoms with Gasteiger partial charge < -0.3 is 10.1 Å². The van der Waals surface area contributed by atoms with Gasteiger partial charge in [-0.05, 0) is 77.4 Å². The van der Waals surface area contributed by atoms with Crippen LogP contribution >= 0.6 is 23.2 Å². The zero-order valence-corrected chi connectivity index (χ0v) is 25.6. The molecule has 218 valence electrons. The van der Waals surface area contributed by atoms with Gasteiger partial charge in [0, 0.05) is 34.4 Å². The molecule has 0 saturated heterocycles. The van der Waals surface area contributed by atoms with Crippen molar-refractivity contribution in [3.8, 4) is 28.1 Å². The molecule has 5 rings (SSSR count). The van der Waals surface area contributed by atoms with Crippen LogP contribution in [0.4, 0.5) is 5.69 Å². The molecular weight excluding hydrogens is 605 g/mol. The molecule has 0 spiro atoms. The standard InChI is InChI=1S/C33H27Cl2N3O4S/c1-42-33(39)20-36-26-12-14-27(15-13-26)38-21-31(29-16-11-25(34)19-30(29)35)37-32(38)17-8-22-6-9-23(10-7-22)24-4-3-5-28(18-24)43(2,40)41/h3-19,21,36H,20H2,1-2H3/b17-8+. The summed E-state index contributed by atoms with van der Waals surface area (Å²) in [5.74, 6) is 0.312. The maximum Gasteiger partial charge on any atom is 0.325 e. The van der Waals surface area contributed by atoms with Crippen molar-refractivity contribution in [1.29, 1.82) is 0 Å². The van der Waals surface area contributed by atoms with Crippen molar-refractivity contribution in [2.45, 2.75) is 4.90 Å². The largest absolute Gasteiger partial charge is 0.468 e. The van der Waals surface area contributed by atoms with Crippen LogP contribution < -0.4 is 5.32 Å². The molecule has 1 heterocycles. The highest BCUT2D eigenvalue weighted by Crippen LogP contribution is 2.31. The van der Waals surface area contributed by atoms with Gasteiger partial charge in [0.25, 0.3) is 0 Å². The van der Waals surface area contributed by atoms with E-state index in [1.165, 1.54) is 13.4 Å². The van der Waals surface area contributed by atoms with E-state index in [0.29, 0.717) is 21.6 Å². The highest BCUT2D eigenvalue weighted by molar-refractivity contribution is 7.90. The molecule has 0 bridgehead atoms. The highest BCUT2D eigenvalue weighted by atomic mass is 35.5. The predicted octanol–water partition coefficient (Wildman–Crippen LogP) is 7.67. The van der Waals surface area contributed by atoms with Crippen molar-refractivity contribution in [3.05, 3.63) is 119 Å². The summed E-state index contributed by atoms with van der Waals surface area (Å²) in [6.07, 6.45) is 6.97. The number of hydrogen-bond acceptors (Lipinski definition) is 6. The zero-order valence-electron chi connectivity index (χ0n) is 23.3. The van der Waals surface area contributed by atoms with Crippen LogP contribution in [0.25, 0.3) is 40.2 Å². The first kappa shape index (κ1) is 30.1. The van der Waals surface area contributed by atoms with Crippen molar-refractivity contribution >= 4 is 56.8 Å². The maximum absolute atomic E-state index is 12.0. The van der Waals surface area contributed by atoms with Crippen molar-refractivity contribution in [1.82, 2.24) is 9.55 Å². The average molecular weight is 633 g/mol. The Kier molecular flexibility index (Phi) is 9.01. The number of nitrogens with zero attached hydrogens (tertiary/aromatic N) is 2. The SMILES string of the molecule is COC(=O)CNc1ccc(-n2cc(-c3ccc(Cl)cc3Cl)nc2/C=C/c2ccc(-c3cccc(S(C)(=O)=O)c3)cc2)cc1. The fraction of sp³-hybridized carbons (Fsp3) is 0.0909. The first-order chi connectivity index (χ1) is 20.6. The van der Waals surface area contributed by atoms with Gasteiger partial charge in [-0.15, -0.1) is 0 Å². The molecule has 0 atom stereocenters. The second kappa shape index (κ2) is 12.9. The van der Waals surface area contributed by atoms with Crippen LogP contribution in [0.15, 0.2) is 102 Å². The maximum atomic E-state index is 12.0. The van der Waals surface area contributed by atoms with E-state index in [9.17, 15) is 13.2 Å². The van der Waals surface area contributed by atoms with Crippen LogP contribution in [-0.4, -0.2) is 43.8 Å². The number of ether oxygens (including phenoxy) is 1. The Balaban J connectivity index is 1.45. The number of halogens is 2. The monoisotopic (exact) mass is 631 g/mol. The van der Waals surface area contributed by atoms with Gasteiger partial charge >= 0.3 is 5.97 Å². The van der Waals surface area contributed by atoms with Gasteiger partial charge in [0.15, 0.2) is 9.84 Å². The van der Waals surface area contributed by atoms with Crippen LogP contribution in [-0.2, 0) is 19.4 Å². The smallest absolute Gasteiger partial charge is 0.325 e. The molecule has 1 aromatic heterocycles. The van der Waals surface area contributed by atoms with E-state index < -0.39 is 9.84 Å². The van der Waals surface area contributed by atoms with Gasteiger partial charge in [-0.3, -0.25) is 9.36 Å². The number of anilines is 1. The van der Waals surface area contributed by atoms with E-state index >= 15 is 0 Å². The number of benzene rings is 4. The lowest BCUT2D eigenvalue weighted by atomic mass is 10.0. The molecule has 0 aliphatic rings. The summed E-state index contributed by atoms with van der Waals surface area (Å²) in [5.41, 5.74) is 5.72. The van der Waals surface area contributed by atoms with Crippen molar-refractivity contribution in [2.24, 2.45) is 0 Å². The molecule has 43 heavy (non-hydrogen) atoms. The first-order valence-electron chi connectivity index (χ1n) is 13.2. The summed E-state index contributed by atoms with van der Waals surface area (Å²) in [7, 11) is -1.95. The Morgan fingerprint density at radius 1 is 0.930 bits per heavy atom. The number of esters is 1. The van der Waals surface area contributed by atoms with Crippen LogP contribution in [0.3, 0.4) is 0 Å². The van der Waals surface area contributed by atoms with Gasteiger partial charge in [0.2, 0.25) is 0 Å². The highest BCUT2D eigenvalue weighted by Gasteiger charge is 2.13. The lowest BCUT2D eigenvalue weighted by Crippen LogP contribution is -2.14. The van der Waals surface area contributed by atoms with E-state index in [4.69, 9.17) is 28.2 Å². The van der Waals surface area contributed by atoms with Crippen molar-refractivity contribution < 1.29 is 17.9 Å². The van der Waals surface area contributed by atoms with Crippen LogP contribution in [0, 0.1) is 0 Å². The van der Waals surface area contributed by atoms with Gasteiger partial charge in [0.05, 0.1) is 22.7 Å². The Morgan fingerprint density at radius 3 is 2.35 bits per heavy atom. The molecule has 0 aliphatic carbocycles. The summed E-state index contributed by atoms with van der Waals surface area (Å²) >= 11 is 12.6. The average Bonchev–Trinajstić information content (AvgIpc) is 3.42. The van der Waals surface area contributed by atoms with Gasteiger partial charge in [-0.1, -0.05) is 65.7 Å². The van der Waals surface area contributed by atoms with E-state index in [1.807, 2.05) is 83.6 Å². The first-order valence-corrected chi connectivity index (χ1v) is 15.8. The topological polar surface area (TPSA) is 90.3 Å². The fourth-order valence-corrected chi connectivity index (χ4v) is 5.57. The molecular formula is C33H27Cl2N3O4S. The summed E-state index contributed by atoms with van der Waals surface area (Å²) in [6.45, 7) is 0.0655.